The van der Waals surface area contributed by atoms with E-state index in [1.54, 1.807) is 61.7 Å². The van der Waals surface area contributed by atoms with Crippen molar-refractivity contribution >= 4 is 32.4 Å². The first kappa shape index (κ1) is 20.3. The Bertz CT molecular complexity index is 1160. The SMILES string of the molecule is COc1cc2ncc(-c3cccc(NS(=O)O)c3)n2cc1S(=O)(=O)C(C)(C)C. The Morgan fingerprint density at radius 1 is 1.25 bits per heavy atom. The van der Waals surface area contributed by atoms with Gasteiger partial charge >= 0.3 is 0 Å². The average Bonchev–Trinajstić information content (AvgIpc) is 3.02. The number of rotatable bonds is 5. The molecule has 0 amide bonds. The maximum absolute atomic E-state index is 13.0. The molecule has 3 aromatic rings. The second-order valence-corrected chi connectivity index (χ2v) is 10.5. The number of hydrogen-bond acceptors (Lipinski definition) is 5. The van der Waals surface area contributed by atoms with Crippen LogP contribution < -0.4 is 9.46 Å². The molecule has 28 heavy (non-hydrogen) atoms. The minimum atomic E-state index is -3.67. The summed E-state index contributed by atoms with van der Waals surface area (Å²) < 4.78 is 54.5. The monoisotopic (exact) mass is 423 g/mol. The number of imidazole rings is 1. The highest BCUT2D eigenvalue weighted by Gasteiger charge is 2.34. The zero-order valence-electron chi connectivity index (χ0n) is 15.8. The Kier molecular flexibility index (Phi) is 5.22. The number of ether oxygens (including phenoxy) is 1. The minimum absolute atomic E-state index is 0.0694. The number of anilines is 1. The zero-order valence-corrected chi connectivity index (χ0v) is 17.5. The van der Waals surface area contributed by atoms with E-state index in [0.717, 1.165) is 0 Å². The number of fused-ring (bicyclic) bond motifs is 1. The lowest BCUT2D eigenvalue weighted by Crippen LogP contribution is -2.28. The zero-order chi connectivity index (χ0) is 20.7. The number of sulfone groups is 1. The third-order valence-electron chi connectivity index (χ3n) is 4.25. The Hall–Kier alpha value is -2.43. The molecule has 2 aromatic heterocycles. The lowest BCUT2D eigenvalue weighted by Gasteiger charge is -2.21. The summed E-state index contributed by atoms with van der Waals surface area (Å²) in [6, 6.07) is 8.43. The quantitative estimate of drug-likeness (QED) is 0.610. The Morgan fingerprint density at radius 2 is 1.96 bits per heavy atom. The largest absolute Gasteiger partial charge is 0.495 e. The standard InChI is InChI=1S/C18H21N3O5S2/c1-18(2,3)28(24,25)16-11-21-14(10-19-17(21)9-15(16)26-4)12-6-5-7-13(8-12)20-27(22)23/h5-11,20H,1-4H3,(H,22,23). The van der Waals surface area contributed by atoms with Crippen molar-refractivity contribution < 1.29 is 21.9 Å². The minimum Gasteiger partial charge on any atom is -0.495 e. The number of nitrogens with one attached hydrogen (secondary N) is 1. The Balaban J connectivity index is 2.23. The van der Waals surface area contributed by atoms with Crippen molar-refractivity contribution in [2.24, 2.45) is 0 Å². The molecule has 0 fully saturated rings. The Morgan fingerprint density at radius 3 is 2.57 bits per heavy atom. The predicted octanol–water partition coefficient (Wildman–Crippen LogP) is 3.13. The van der Waals surface area contributed by atoms with Gasteiger partial charge in [0.15, 0.2) is 9.84 Å². The van der Waals surface area contributed by atoms with Crippen LogP contribution in [0.15, 0.2) is 47.6 Å². The first-order chi connectivity index (χ1) is 13.0. The summed E-state index contributed by atoms with van der Waals surface area (Å²) in [5.41, 5.74) is 2.30. The van der Waals surface area contributed by atoms with Gasteiger partial charge in [-0.05, 0) is 32.9 Å². The maximum Gasteiger partial charge on any atom is 0.259 e. The highest BCUT2D eigenvalue weighted by atomic mass is 32.2. The second-order valence-electron chi connectivity index (χ2n) is 7.13. The molecule has 0 radical (unpaired) electrons. The number of methoxy groups -OCH3 is 1. The van der Waals surface area contributed by atoms with Gasteiger partial charge < -0.3 is 4.74 Å². The molecule has 2 heterocycles. The van der Waals surface area contributed by atoms with Gasteiger partial charge in [-0.2, -0.15) is 0 Å². The Labute approximate surface area is 165 Å². The van der Waals surface area contributed by atoms with Gasteiger partial charge in [-0.3, -0.25) is 13.7 Å². The molecule has 0 spiro atoms. The van der Waals surface area contributed by atoms with E-state index in [2.05, 4.69) is 9.71 Å². The van der Waals surface area contributed by atoms with Crippen molar-refractivity contribution in [3.63, 3.8) is 0 Å². The van der Waals surface area contributed by atoms with Crippen LogP contribution in [0.2, 0.25) is 0 Å². The van der Waals surface area contributed by atoms with E-state index in [1.165, 1.54) is 13.3 Å². The van der Waals surface area contributed by atoms with Crippen LogP contribution in [0.4, 0.5) is 5.69 Å². The molecule has 1 unspecified atom stereocenters. The molecular formula is C18H21N3O5S2. The van der Waals surface area contributed by atoms with Gasteiger partial charge in [-0.15, -0.1) is 0 Å². The van der Waals surface area contributed by atoms with Crippen molar-refractivity contribution in [2.75, 3.05) is 11.8 Å². The lowest BCUT2D eigenvalue weighted by atomic mass is 10.1. The topological polar surface area (TPSA) is 110 Å². The molecule has 8 nitrogen and oxygen atoms in total. The van der Waals surface area contributed by atoms with Crippen LogP contribution in [-0.2, 0) is 21.1 Å². The van der Waals surface area contributed by atoms with Crippen LogP contribution in [0.3, 0.4) is 0 Å². The molecule has 1 atom stereocenters. The molecule has 0 saturated carbocycles. The van der Waals surface area contributed by atoms with E-state index in [0.29, 0.717) is 22.6 Å². The summed E-state index contributed by atoms with van der Waals surface area (Å²) in [5.74, 6) is 0.227. The fraction of sp³-hybridized carbons (Fsp3) is 0.278. The van der Waals surface area contributed by atoms with Crippen LogP contribution in [0, 0.1) is 0 Å². The van der Waals surface area contributed by atoms with Gasteiger partial charge in [0.2, 0.25) is 0 Å². The van der Waals surface area contributed by atoms with Gasteiger partial charge in [0, 0.05) is 23.5 Å². The summed E-state index contributed by atoms with van der Waals surface area (Å²) in [7, 11) is -2.25. The molecular weight excluding hydrogens is 402 g/mol. The van der Waals surface area contributed by atoms with Gasteiger partial charge in [0.1, 0.15) is 16.3 Å². The third-order valence-corrected chi connectivity index (χ3v) is 7.16. The van der Waals surface area contributed by atoms with Gasteiger partial charge in [0.05, 0.1) is 23.7 Å². The molecule has 0 aliphatic heterocycles. The summed E-state index contributed by atoms with van der Waals surface area (Å²) in [5, 5.41) is 0. The normalized spacial score (nSPS) is 13.5. The van der Waals surface area contributed by atoms with E-state index in [1.807, 2.05) is 0 Å². The maximum atomic E-state index is 13.0. The van der Waals surface area contributed by atoms with Crippen LogP contribution in [0.5, 0.6) is 5.75 Å². The molecule has 3 rings (SSSR count). The van der Waals surface area contributed by atoms with E-state index in [9.17, 15) is 12.6 Å². The van der Waals surface area contributed by atoms with Crippen LogP contribution in [0.1, 0.15) is 20.8 Å². The molecule has 150 valence electrons. The number of pyridine rings is 1. The van der Waals surface area contributed by atoms with Gasteiger partial charge in [-0.1, -0.05) is 12.1 Å². The predicted molar refractivity (Wildman–Crippen MR) is 109 cm³/mol. The smallest absolute Gasteiger partial charge is 0.259 e. The number of hydrogen-bond donors (Lipinski definition) is 2. The molecule has 0 aliphatic rings. The van der Waals surface area contributed by atoms with Gasteiger partial charge in [-0.25, -0.2) is 17.6 Å². The van der Waals surface area contributed by atoms with Gasteiger partial charge in [0.25, 0.3) is 11.3 Å². The van der Waals surface area contributed by atoms with Crippen molar-refractivity contribution in [2.45, 2.75) is 30.4 Å². The van der Waals surface area contributed by atoms with Crippen molar-refractivity contribution in [3.05, 3.63) is 42.7 Å². The highest BCUT2D eigenvalue weighted by molar-refractivity contribution is 7.92. The van der Waals surface area contributed by atoms with Crippen molar-refractivity contribution in [1.82, 2.24) is 9.38 Å². The number of benzene rings is 1. The fourth-order valence-corrected chi connectivity index (χ4v) is 4.37. The molecule has 2 N–H and O–H groups in total. The second kappa shape index (κ2) is 7.19. The first-order valence-corrected chi connectivity index (χ1v) is 10.9. The molecule has 1 aromatic carbocycles. The number of nitrogens with zero attached hydrogens (tertiary/aromatic N) is 2. The third kappa shape index (κ3) is 3.62. The molecule has 10 heteroatoms. The van der Waals surface area contributed by atoms with Crippen LogP contribution in [0.25, 0.3) is 16.9 Å². The first-order valence-electron chi connectivity index (χ1n) is 8.32. The summed E-state index contributed by atoms with van der Waals surface area (Å²) >= 11 is -2.20. The summed E-state index contributed by atoms with van der Waals surface area (Å²) in [6.45, 7) is 4.89. The molecule has 0 aliphatic carbocycles. The summed E-state index contributed by atoms with van der Waals surface area (Å²) in [6.07, 6.45) is 3.11. The van der Waals surface area contributed by atoms with E-state index in [4.69, 9.17) is 9.29 Å². The molecule has 0 bridgehead atoms. The van der Waals surface area contributed by atoms with E-state index >= 15 is 0 Å². The summed E-state index contributed by atoms with van der Waals surface area (Å²) in [4.78, 5) is 4.41. The van der Waals surface area contributed by atoms with Crippen LogP contribution in [-0.4, -0.2) is 38.4 Å². The molecule has 0 saturated heterocycles. The number of aromatic nitrogens is 2. The van der Waals surface area contributed by atoms with E-state index in [-0.39, 0.29) is 10.6 Å². The van der Waals surface area contributed by atoms with Crippen molar-refractivity contribution in [1.29, 1.82) is 0 Å². The lowest BCUT2D eigenvalue weighted by molar-refractivity contribution is 0.401. The highest BCUT2D eigenvalue weighted by Crippen LogP contribution is 2.34. The van der Waals surface area contributed by atoms with Crippen LogP contribution >= 0.6 is 0 Å². The average molecular weight is 424 g/mol. The fourth-order valence-electron chi connectivity index (χ4n) is 2.73. The van der Waals surface area contributed by atoms with E-state index < -0.39 is 25.9 Å². The van der Waals surface area contributed by atoms with Crippen molar-refractivity contribution in [3.8, 4) is 17.0 Å².